The highest BCUT2D eigenvalue weighted by Crippen LogP contribution is 2.23. The molecule has 2 rings (SSSR count). The van der Waals surface area contributed by atoms with Crippen molar-refractivity contribution in [3.63, 3.8) is 0 Å². The number of rotatable bonds is 7. The summed E-state index contributed by atoms with van der Waals surface area (Å²) in [7, 11) is 0. The zero-order valence-electron chi connectivity index (χ0n) is 12.3. The molecule has 0 radical (unpaired) electrons. The number of halogens is 1. The Kier molecular flexibility index (Phi) is 6.14. The minimum atomic E-state index is 0.375. The molecule has 0 aliphatic carbocycles. The minimum Gasteiger partial charge on any atom is -0.485 e. The molecule has 1 heterocycles. The number of benzene rings is 1. The monoisotopic (exact) mass is 349 g/mol. The van der Waals surface area contributed by atoms with E-state index in [4.69, 9.17) is 4.74 Å². The van der Waals surface area contributed by atoms with Crippen LogP contribution in [0.5, 0.6) is 5.75 Å². The first-order chi connectivity index (χ1) is 10.1. The van der Waals surface area contributed by atoms with E-state index in [2.05, 4.69) is 51.1 Å². The maximum atomic E-state index is 5.85. The van der Waals surface area contributed by atoms with Crippen LogP contribution in [-0.2, 0) is 13.2 Å². The van der Waals surface area contributed by atoms with E-state index >= 15 is 0 Å². The number of aromatic nitrogens is 2. The lowest BCUT2D eigenvalue weighted by atomic mass is 10.2. The summed E-state index contributed by atoms with van der Waals surface area (Å²) in [6.45, 7) is 6.52. The molecule has 2 aromatic rings. The average Bonchev–Trinajstić information content (AvgIpc) is 2.47. The van der Waals surface area contributed by atoms with E-state index in [0.717, 1.165) is 28.9 Å². The first-order valence-electron chi connectivity index (χ1n) is 7.03. The summed E-state index contributed by atoms with van der Waals surface area (Å²) < 4.78 is 6.90. The predicted molar refractivity (Wildman–Crippen MR) is 87.1 cm³/mol. The molecular formula is C16H20BrN3O. The van der Waals surface area contributed by atoms with Gasteiger partial charge in [-0.15, -0.1) is 0 Å². The van der Waals surface area contributed by atoms with Crippen molar-refractivity contribution in [3.05, 3.63) is 52.5 Å². The number of hydrogen-bond donors (Lipinski definition) is 1. The first-order valence-corrected chi connectivity index (χ1v) is 7.82. The number of nitrogens with zero attached hydrogens (tertiary/aromatic N) is 2. The summed E-state index contributed by atoms with van der Waals surface area (Å²) in [6, 6.07) is 7.82. The molecule has 0 atom stereocenters. The molecule has 5 heteroatoms. The molecule has 0 amide bonds. The lowest BCUT2D eigenvalue weighted by Crippen LogP contribution is -2.19. The molecule has 1 N–H and O–H groups in total. The van der Waals surface area contributed by atoms with E-state index in [1.165, 1.54) is 0 Å². The van der Waals surface area contributed by atoms with Gasteiger partial charge in [0.25, 0.3) is 0 Å². The molecule has 0 bridgehead atoms. The van der Waals surface area contributed by atoms with Crippen molar-refractivity contribution in [2.45, 2.75) is 27.0 Å². The predicted octanol–water partition coefficient (Wildman–Crippen LogP) is 3.56. The van der Waals surface area contributed by atoms with Gasteiger partial charge in [-0.25, -0.2) is 9.97 Å². The van der Waals surface area contributed by atoms with Gasteiger partial charge in [0.2, 0.25) is 0 Å². The van der Waals surface area contributed by atoms with Crippen LogP contribution in [0.1, 0.15) is 25.2 Å². The molecular weight excluding hydrogens is 330 g/mol. The van der Waals surface area contributed by atoms with Gasteiger partial charge in [0.05, 0.1) is 0 Å². The highest BCUT2D eigenvalue weighted by molar-refractivity contribution is 9.10. The molecule has 1 aromatic heterocycles. The lowest BCUT2D eigenvalue weighted by molar-refractivity contribution is 0.291. The Hall–Kier alpha value is -1.46. The fraction of sp³-hybridized carbons (Fsp3) is 0.375. The summed E-state index contributed by atoms with van der Waals surface area (Å²) in [5.74, 6) is 2.17. The van der Waals surface area contributed by atoms with E-state index < -0.39 is 0 Å². The Bertz CT molecular complexity index is 561. The molecule has 1 aromatic carbocycles. The maximum Gasteiger partial charge on any atom is 0.166 e. The van der Waals surface area contributed by atoms with Gasteiger partial charge in [0, 0.05) is 29.0 Å². The first kappa shape index (κ1) is 15.9. The normalized spacial score (nSPS) is 10.9. The molecule has 0 aliphatic rings. The van der Waals surface area contributed by atoms with Crippen LogP contribution in [0.15, 0.2) is 41.1 Å². The fourth-order valence-electron chi connectivity index (χ4n) is 1.87. The summed E-state index contributed by atoms with van der Waals surface area (Å²) in [5.41, 5.74) is 1.13. The second kappa shape index (κ2) is 8.10. The SMILES string of the molecule is CC(C)CNCc1cc(Br)ccc1OCc1ncccn1. The van der Waals surface area contributed by atoms with Crippen LogP contribution in [0.4, 0.5) is 0 Å². The zero-order valence-corrected chi connectivity index (χ0v) is 13.9. The van der Waals surface area contributed by atoms with Crippen molar-refractivity contribution >= 4 is 15.9 Å². The average molecular weight is 350 g/mol. The van der Waals surface area contributed by atoms with Gasteiger partial charge in [-0.1, -0.05) is 29.8 Å². The van der Waals surface area contributed by atoms with Crippen molar-refractivity contribution in [2.24, 2.45) is 5.92 Å². The van der Waals surface area contributed by atoms with E-state index in [9.17, 15) is 0 Å². The Labute approximate surface area is 134 Å². The molecule has 0 aliphatic heterocycles. The van der Waals surface area contributed by atoms with Crippen LogP contribution in [-0.4, -0.2) is 16.5 Å². The summed E-state index contributed by atoms with van der Waals surface area (Å²) in [5, 5.41) is 3.43. The molecule has 0 saturated carbocycles. The Morgan fingerprint density at radius 2 is 2.00 bits per heavy atom. The van der Waals surface area contributed by atoms with Crippen LogP contribution >= 0.6 is 15.9 Å². The third-order valence-corrected chi connectivity index (χ3v) is 3.36. The molecule has 21 heavy (non-hydrogen) atoms. The largest absolute Gasteiger partial charge is 0.485 e. The van der Waals surface area contributed by atoms with E-state index in [-0.39, 0.29) is 0 Å². The van der Waals surface area contributed by atoms with Crippen molar-refractivity contribution in [1.29, 1.82) is 0 Å². The maximum absolute atomic E-state index is 5.85. The molecule has 0 fully saturated rings. The summed E-state index contributed by atoms with van der Waals surface area (Å²) in [4.78, 5) is 8.33. The summed E-state index contributed by atoms with van der Waals surface area (Å²) in [6.07, 6.45) is 3.44. The van der Waals surface area contributed by atoms with Crippen LogP contribution in [0.3, 0.4) is 0 Å². The van der Waals surface area contributed by atoms with E-state index in [1.807, 2.05) is 12.1 Å². The molecule has 4 nitrogen and oxygen atoms in total. The molecule has 112 valence electrons. The van der Waals surface area contributed by atoms with Crippen LogP contribution in [0.2, 0.25) is 0 Å². The smallest absolute Gasteiger partial charge is 0.166 e. The van der Waals surface area contributed by atoms with E-state index in [1.54, 1.807) is 18.5 Å². The highest BCUT2D eigenvalue weighted by Gasteiger charge is 2.06. The molecule has 0 saturated heterocycles. The second-order valence-electron chi connectivity index (χ2n) is 5.23. The highest BCUT2D eigenvalue weighted by atomic mass is 79.9. The standard InChI is InChI=1S/C16H20BrN3O/c1-12(2)9-18-10-13-8-14(17)4-5-15(13)21-11-16-19-6-3-7-20-16/h3-8,12,18H,9-11H2,1-2H3. The fourth-order valence-corrected chi connectivity index (χ4v) is 2.28. The van der Waals surface area contributed by atoms with Gasteiger partial charge >= 0.3 is 0 Å². The minimum absolute atomic E-state index is 0.375. The van der Waals surface area contributed by atoms with Gasteiger partial charge in [0.1, 0.15) is 12.4 Å². The van der Waals surface area contributed by atoms with Gasteiger partial charge in [-0.2, -0.15) is 0 Å². The zero-order chi connectivity index (χ0) is 15.1. The summed E-state index contributed by atoms with van der Waals surface area (Å²) >= 11 is 3.51. The Morgan fingerprint density at radius 1 is 1.24 bits per heavy atom. The number of hydrogen-bond acceptors (Lipinski definition) is 4. The number of nitrogens with one attached hydrogen (secondary N) is 1. The molecule has 0 spiro atoms. The lowest BCUT2D eigenvalue weighted by Gasteiger charge is -2.13. The van der Waals surface area contributed by atoms with Crippen LogP contribution in [0, 0.1) is 5.92 Å². The number of ether oxygens (including phenoxy) is 1. The molecule has 0 unspecified atom stereocenters. The van der Waals surface area contributed by atoms with Gasteiger partial charge < -0.3 is 10.1 Å². The van der Waals surface area contributed by atoms with Gasteiger partial charge in [0.15, 0.2) is 5.82 Å². The van der Waals surface area contributed by atoms with Gasteiger partial charge in [-0.3, -0.25) is 0 Å². The van der Waals surface area contributed by atoms with Crippen LogP contribution < -0.4 is 10.1 Å². The van der Waals surface area contributed by atoms with Crippen molar-refractivity contribution in [2.75, 3.05) is 6.54 Å². The Morgan fingerprint density at radius 3 is 2.71 bits per heavy atom. The third-order valence-electron chi connectivity index (χ3n) is 2.87. The van der Waals surface area contributed by atoms with Crippen molar-refractivity contribution in [3.8, 4) is 5.75 Å². The van der Waals surface area contributed by atoms with Crippen molar-refractivity contribution < 1.29 is 4.74 Å². The topological polar surface area (TPSA) is 47.0 Å². The quantitative estimate of drug-likeness (QED) is 0.829. The third kappa shape index (κ3) is 5.44. The van der Waals surface area contributed by atoms with E-state index in [0.29, 0.717) is 18.3 Å². The second-order valence-corrected chi connectivity index (χ2v) is 6.15. The Balaban J connectivity index is 2.00. The van der Waals surface area contributed by atoms with Gasteiger partial charge in [-0.05, 0) is 36.7 Å². The van der Waals surface area contributed by atoms with Crippen molar-refractivity contribution in [1.82, 2.24) is 15.3 Å². The van der Waals surface area contributed by atoms with Crippen LogP contribution in [0.25, 0.3) is 0 Å².